The third kappa shape index (κ3) is 2.00. The lowest BCUT2D eigenvalue weighted by Gasteiger charge is -2.11. The molecule has 0 saturated carbocycles. The van der Waals surface area contributed by atoms with Crippen molar-refractivity contribution < 1.29 is 9.52 Å². The molecule has 2 rings (SSSR count). The van der Waals surface area contributed by atoms with Gasteiger partial charge >= 0.3 is 0 Å². The highest BCUT2D eigenvalue weighted by atomic mass is 16.3. The number of terminal acetylenes is 1. The van der Waals surface area contributed by atoms with Gasteiger partial charge in [0.05, 0.1) is 12.4 Å². The van der Waals surface area contributed by atoms with Gasteiger partial charge in [0.2, 0.25) is 0 Å². The minimum atomic E-state index is -0.647. The van der Waals surface area contributed by atoms with Crippen LogP contribution in [0.3, 0.4) is 0 Å². The average Bonchev–Trinajstić information content (AvgIpc) is 2.83. The summed E-state index contributed by atoms with van der Waals surface area (Å²) in [5.41, 5.74) is 1.69. The lowest BCUT2D eigenvalue weighted by Crippen LogP contribution is -1.98. The predicted octanol–water partition coefficient (Wildman–Crippen LogP) is 3.00. The normalized spacial score (nSPS) is 12.0. The molecule has 0 spiro atoms. The molecular formula is C14H12O2. The molecule has 1 heterocycles. The standard InChI is InChI=1S/C14H12O2/c1-2-6-13(15)11-7-3-4-8-12(11)14-9-5-10-16-14/h1,3-5,7-10,13,15H,6H2. The second-order valence-electron chi connectivity index (χ2n) is 3.49. The van der Waals surface area contributed by atoms with Gasteiger partial charge in [-0.3, -0.25) is 0 Å². The largest absolute Gasteiger partial charge is 0.464 e. The summed E-state index contributed by atoms with van der Waals surface area (Å²) < 4.78 is 5.33. The van der Waals surface area contributed by atoms with Gasteiger partial charge in [-0.1, -0.05) is 24.3 Å². The van der Waals surface area contributed by atoms with Gasteiger partial charge in [-0.15, -0.1) is 12.3 Å². The van der Waals surface area contributed by atoms with E-state index < -0.39 is 6.10 Å². The van der Waals surface area contributed by atoms with E-state index in [0.29, 0.717) is 6.42 Å². The van der Waals surface area contributed by atoms with E-state index in [9.17, 15) is 5.11 Å². The van der Waals surface area contributed by atoms with E-state index in [1.807, 2.05) is 36.4 Å². The van der Waals surface area contributed by atoms with E-state index in [1.54, 1.807) is 6.26 Å². The second-order valence-corrected chi connectivity index (χ2v) is 3.49. The molecule has 2 nitrogen and oxygen atoms in total. The number of furan rings is 1. The smallest absolute Gasteiger partial charge is 0.134 e. The van der Waals surface area contributed by atoms with E-state index >= 15 is 0 Å². The molecule has 0 aliphatic rings. The molecule has 80 valence electrons. The van der Waals surface area contributed by atoms with Gasteiger partial charge in [0, 0.05) is 12.0 Å². The summed E-state index contributed by atoms with van der Waals surface area (Å²) in [4.78, 5) is 0. The average molecular weight is 212 g/mol. The monoisotopic (exact) mass is 212 g/mol. The molecule has 0 radical (unpaired) electrons. The summed E-state index contributed by atoms with van der Waals surface area (Å²) in [7, 11) is 0. The fourth-order valence-corrected chi connectivity index (χ4v) is 1.67. The maximum atomic E-state index is 9.92. The van der Waals surface area contributed by atoms with Crippen LogP contribution in [0, 0.1) is 12.3 Å². The van der Waals surface area contributed by atoms with Gasteiger partial charge in [-0.05, 0) is 17.7 Å². The van der Waals surface area contributed by atoms with Crippen molar-refractivity contribution in [2.24, 2.45) is 0 Å². The Morgan fingerprint density at radius 2 is 2.06 bits per heavy atom. The molecule has 1 N–H and O–H groups in total. The lowest BCUT2D eigenvalue weighted by atomic mass is 9.99. The number of hydrogen-bond donors (Lipinski definition) is 1. The molecule has 0 bridgehead atoms. The van der Waals surface area contributed by atoms with Gasteiger partial charge in [0.15, 0.2) is 0 Å². The molecular weight excluding hydrogens is 200 g/mol. The zero-order valence-electron chi connectivity index (χ0n) is 8.76. The third-order valence-electron chi connectivity index (χ3n) is 2.42. The molecule has 16 heavy (non-hydrogen) atoms. The fraction of sp³-hybridized carbons (Fsp3) is 0.143. The first-order valence-electron chi connectivity index (χ1n) is 5.07. The van der Waals surface area contributed by atoms with E-state index in [0.717, 1.165) is 16.9 Å². The molecule has 1 atom stereocenters. The van der Waals surface area contributed by atoms with Crippen molar-refractivity contribution in [3.8, 4) is 23.7 Å². The minimum Gasteiger partial charge on any atom is -0.464 e. The second kappa shape index (κ2) is 4.69. The lowest BCUT2D eigenvalue weighted by molar-refractivity contribution is 0.184. The Bertz CT molecular complexity index is 492. The Balaban J connectivity index is 2.43. The summed E-state index contributed by atoms with van der Waals surface area (Å²) in [5, 5.41) is 9.92. The Morgan fingerprint density at radius 3 is 2.75 bits per heavy atom. The predicted molar refractivity (Wildman–Crippen MR) is 62.6 cm³/mol. The highest BCUT2D eigenvalue weighted by Gasteiger charge is 2.13. The van der Waals surface area contributed by atoms with Gasteiger partial charge in [0.25, 0.3) is 0 Å². The Hall–Kier alpha value is -1.98. The Kier molecular flexibility index (Phi) is 3.09. The highest BCUT2D eigenvalue weighted by molar-refractivity contribution is 5.62. The summed E-state index contributed by atoms with van der Waals surface area (Å²) in [6, 6.07) is 11.2. The summed E-state index contributed by atoms with van der Waals surface area (Å²) >= 11 is 0. The SMILES string of the molecule is C#CCC(O)c1ccccc1-c1ccco1. The highest BCUT2D eigenvalue weighted by Crippen LogP contribution is 2.29. The molecule has 1 aromatic heterocycles. The van der Waals surface area contributed by atoms with Gasteiger partial charge in [-0.25, -0.2) is 0 Å². The van der Waals surface area contributed by atoms with Gasteiger partial charge < -0.3 is 9.52 Å². The Labute approximate surface area is 94.5 Å². The summed E-state index contributed by atoms with van der Waals surface area (Å²) in [6.45, 7) is 0. The molecule has 0 aliphatic heterocycles. The fourth-order valence-electron chi connectivity index (χ4n) is 1.67. The van der Waals surface area contributed by atoms with Crippen molar-refractivity contribution in [3.05, 3.63) is 48.2 Å². The Morgan fingerprint density at radius 1 is 1.25 bits per heavy atom. The zero-order chi connectivity index (χ0) is 11.4. The number of aliphatic hydroxyl groups is 1. The molecule has 0 amide bonds. The molecule has 2 heteroatoms. The first kappa shape index (κ1) is 10.5. The van der Waals surface area contributed by atoms with Crippen molar-refractivity contribution in [2.45, 2.75) is 12.5 Å². The van der Waals surface area contributed by atoms with Gasteiger partial charge in [-0.2, -0.15) is 0 Å². The van der Waals surface area contributed by atoms with E-state index in [-0.39, 0.29) is 0 Å². The summed E-state index contributed by atoms with van der Waals surface area (Å²) in [5.74, 6) is 3.20. The third-order valence-corrected chi connectivity index (χ3v) is 2.42. The molecule has 0 saturated heterocycles. The van der Waals surface area contributed by atoms with Crippen LogP contribution in [-0.2, 0) is 0 Å². The van der Waals surface area contributed by atoms with Crippen LogP contribution in [0.15, 0.2) is 47.1 Å². The topological polar surface area (TPSA) is 33.4 Å². The maximum Gasteiger partial charge on any atom is 0.134 e. The van der Waals surface area contributed by atoms with E-state index in [1.165, 1.54) is 0 Å². The molecule has 2 aromatic rings. The van der Waals surface area contributed by atoms with Crippen LogP contribution in [0.2, 0.25) is 0 Å². The van der Waals surface area contributed by atoms with Crippen molar-refractivity contribution in [3.63, 3.8) is 0 Å². The number of benzene rings is 1. The van der Waals surface area contributed by atoms with E-state index in [4.69, 9.17) is 10.8 Å². The van der Waals surface area contributed by atoms with Crippen LogP contribution in [0.1, 0.15) is 18.1 Å². The van der Waals surface area contributed by atoms with Gasteiger partial charge in [0.1, 0.15) is 5.76 Å². The van der Waals surface area contributed by atoms with Crippen LogP contribution in [0.5, 0.6) is 0 Å². The minimum absolute atomic E-state index is 0.303. The molecule has 1 unspecified atom stereocenters. The quantitative estimate of drug-likeness (QED) is 0.793. The summed E-state index contributed by atoms with van der Waals surface area (Å²) in [6.07, 6.45) is 6.47. The van der Waals surface area contributed by atoms with Crippen LogP contribution >= 0.6 is 0 Å². The van der Waals surface area contributed by atoms with Crippen molar-refractivity contribution >= 4 is 0 Å². The molecule has 0 aliphatic carbocycles. The van der Waals surface area contributed by atoms with Crippen LogP contribution in [0.4, 0.5) is 0 Å². The number of hydrogen-bond acceptors (Lipinski definition) is 2. The molecule has 1 aromatic carbocycles. The number of rotatable bonds is 3. The van der Waals surface area contributed by atoms with Crippen molar-refractivity contribution in [2.75, 3.05) is 0 Å². The van der Waals surface area contributed by atoms with Crippen molar-refractivity contribution in [1.29, 1.82) is 0 Å². The number of aliphatic hydroxyl groups excluding tert-OH is 1. The molecule has 0 fully saturated rings. The first-order chi connectivity index (χ1) is 7.83. The zero-order valence-corrected chi connectivity index (χ0v) is 8.76. The van der Waals surface area contributed by atoms with Crippen molar-refractivity contribution in [1.82, 2.24) is 0 Å². The maximum absolute atomic E-state index is 9.92. The van der Waals surface area contributed by atoms with Crippen LogP contribution < -0.4 is 0 Å². The van der Waals surface area contributed by atoms with Crippen LogP contribution in [0.25, 0.3) is 11.3 Å². The van der Waals surface area contributed by atoms with Crippen LogP contribution in [-0.4, -0.2) is 5.11 Å². The first-order valence-corrected chi connectivity index (χ1v) is 5.07. The van der Waals surface area contributed by atoms with E-state index in [2.05, 4.69) is 5.92 Å².